The van der Waals surface area contributed by atoms with Crippen molar-refractivity contribution < 1.29 is 34.8 Å². The number of fused-ring (bicyclic) bond motifs is 3. The summed E-state index contributed by atoms with van der Waals surface area (Å²) in [6, 6.07) is 7.54. The predicted octanol–water partition coefficient (Wildman–Crippen LogP) is 6.70. The number of aryl methyl sites for hydroxylation is 1. The van der Waals surface area contributed by atoms with Gasteiger partial charge in [-0.1, -0.05) is 66.7 Å². The van der Waals surface area contributed by atoms with Crippen molar-refractivity contribution in [2.45, 2.75) is 93.1 Å². The number of allylic oxidation sites excluding steroid dienone is 2. The normalized spacial score (nSPS) is 28.3. The number of hydrogen-bond donors (Lipinski definition) is 4. The second-order valence-corrected chi connectivity index (χ2v) is 13.7. The van der Waals surface area contributed by atoms with Crippen LogP contribution in [0.15, 0.2) is 46.9 Å². The highest BCUT2D eigenvalue weighted by molar-refractivity contribution is 6.25. The SMILES string of the molecule is CCc1ccc(-c2ccc(O)c3c2C[C@]2(C)C[C@]4(C)C(C(C)C)C(O)=C(C(C)=O)C(=O)[C@]4(O)C(O)=C2C3=O)c(CC)c1CC. The number of benzene rings is 2. The highest BCUT2D eigenvalue weighted by Gasteiger charge is 2.71. The first kappa shape index (κ1) is 31.7. The smallest absolute Gasteiger partial charge is 0.209 e. The molecule has 0 amide bonds. The molecule has 0 fully saturated rings. The number of carbonyl (C=O) groups excluding carboxylic acids is 3. The molecule has 5 rings (SSSR count). The first-order valence-electron chi connectivity index (χ1n) is 15.7. The fourth-order valence-corrected chi connectivity index (χ4v) is 9.15. The van der Waals surface area contributed by atoms with Crippen LogP contribution in [0.5, 0.6) is 5.75 Å². The van der Waals surface area contributed by atoms with E-state index in [0.717, 1.165) is 37.3 Å². The lowest BCUT2D eigenvalue weighted by Crippen LogP contribution is -2.67. The van der Waals surface area contributed by atoms with E-state index in [2.05, 4.69) is 32.9 Å². The van der Waals surface area contributed by atoms with E-state index in [4.69, 9.17) is 0 Å². The number of phenolic OH excluding ortho intramolecular Hbond substituents is 1. The average Bonchev–Trinajstić information content (AvgIpc) is 2.93. The molecule has 0 saturated carbocycles. The summed E-state index contributed by atoms with van der Waals surface area (Å²) in [7, 11) is 0. The van der Waals surface area contributed by atoms with Crippen LogP contribution in [0.2, 0.25) is 0 Å². The van der Waals surface area contributed by atoms with E-state index in [1.807, 2.05) is 26.8 Å². The monoisotopic (exact) mass is 600 g/mol. The maximum Gasteiger partial charge on any atom is 0.209 e. The second-order valence-electron chi connectivity index (χ2n) is 13.7. The zero-order valence-electron chi connectivity index (χ0n) is 27.0. The summed E-state index contributed by atoms with van der Waals surface area (Å²) in [5, 5.41) is 46.6. The molecule has 0 radical (unpaired) electrons. The molecule has 2 aromatic rings. The first-order valence-corrected chi connectivity index (χ1v) is 15.7. The van der Waals surface area contributed by atoms with E-state index >= 15 is 0 Å². The van der Waals surface area contributed by atoms with Crippen LogP contribution in [0.4, 0.5) is 0 Å². The molecule has 0 saturated heterocycles. The summed E-state index contributed by atoms with van der Waals surface area (Å²) in [6.45, 7) is 14.6. The molecule has 3 aliphatic carbocycles. The molecule has 44 heavy (non-hydrogen) atoms. The molecule has 0 spiro atoms. The summed E-state index contributed by atoms with van der Waals surface area (Å²) in [5.41, 5.74) is 0.426. The molecular formula is C37H44O7. The van der Waals surface area contributed by atoms with Crippen molar-refractivity contribution in [2.75, 3.05) is 0 Å². The minimum Gasteiger partial charge on any atom is -0.511 e. The topological polar surface area (TPSA) is 132 Å². The lowest BCUT2D eigenvalue weighted by Gasteiger charge is -2.59. The third-order valence-electron chi connectivity index (χ3n) is 10.8. The van der Waals surface area contributed by atoms with Gasteiger partial charge in [-0.05, 0) is 84.4 Å². The summed E-state index contributed by atoms with van der Waals surface area (Å²) < 4.78 is 0. The summed E-state index contributed by atoms with van der Waals surface area (Å²) in [5.74, 6) is -5.10. The van der Waals surface area contributed by atoms with Gasteiger partial charge in [0, 0.05) is 22.3 Å². The number of hydrogen-bond acceptors (Lipinski definition) is 7. The highest BCUT2D eigenvalue weighted by atomic mass is 16.3. The van der Waals surface area contributed by atoms with Crippen molar-refractivity contribution >= 4 is 17.3 Å². The number of aromatic hydroxyl groups is 1. The maximum atomic E-state index is 14.4. The van der Waals surface area contributed by atoms with Crippen LogP contribution in [0.3, 0.4) is 0 Å². The van der Waals surface area contributed by atoms with Crippen LogP contribution in [0.25, 0.3) is 11.1 Å². The lowest BCUT2D eigenvalue weighted by atomic mass is 9.44. The van der Waals surface area contributed by atoms with Crippen molar-refractivity contribution in [1.82, 2.24) is 0 Å². The van der Waals surface area contributed by atoms with Gasteiger partial charge in [0.15, 0.2) is 17.2 Å². The molecule has 7 heteroatoms. The van der Waals surface area contributed by atoms with Crippen molar-refractivity contribution in [3.63, 3.8) is 0 Å². The van der Waals surface area contributed by atoms with Gasteiger partial charge >= 0.3 is 0 Å². The van der Waals surface area contributed by atoms with Crippen molar-refractivity contribution in [3.05, 3.63) is 74.7 Å². The van der Waals surface area contributed by atoms with E-state index in [9.17, 15) is 34.8 Å². The Bertz CT molecular complexity index is 1690. The standard InChI is InChI=1S/C37H44O7/c1-9-20-12-13-23(22(11-3)21(20)10-2)24-14-15-26(39)28-25(24)16-35(7)17-36(8)29(18(4)5)31(40)27(19(6)38)33(42)37(36,44)34(43)30(35)32(28)41/h12-15,18,29,39-40,43-44H,9-11,16-17H2,1-8H3/t29?,35-,36-,37+/m1/s1. The van der Waals surface area contributed by atoms with Crippen molar-refractivity contribution in [2.24, 2.45) is 22.7 Å². The molecule has 0 bridgehead atoms. The number of aliphatic hydroxyl groups excluding tert-OH is 2. The molecule has 0 heterocycles. The van der Waals surface area contributed by atoms with Crippen LogP contribution in [0.1, 0.15) is 94.4 Å². The Morgan fingerprint density at radius 3 is 2.09 bits per heavy atom. The van der Waals surface area contributed by atoms with E-state index in [-0.39, 0.29) is 41.4 Å². The van der Waals surface area contributed by atoms with Crippen LogP contribution in [0, 0.1) is 22.7 Å². The number of ketones is 3. The Morgan fingerprint density at radius 1 is 0.932 bits per heavy atom. The Hall–Kier alpha value is -3.71. The lowest BCUT2D eigenvalue weighted by molar-refractivity contribution is -0.171. The largest absolute Gasteiger partial charge is 0.511 e. The summed E-state index contributed by atoms with van der Waals surface area (Å²) >= 11 is 0. The van der Waals surface area contributed by atoms with Crippen LogP contribution >= 0.6 is 0 Å². The third-order valence-corrected chi connectivity index (χ3v) is 10.8. The zero-order chi connectivity index (χ0) is 32.7. The second kappa shape index (κ2) is 10.4. The molecule has 4 atom stereocenters. The van der Waals surface area contributed by atoms with E-state index in [1.54, 1.807) is 6.92 Å². The van der Waals surface area contributed by atoms with Crippen molar-refractivity contribution in [3.8, 4) is 16.9 Å². The Morgan fingerprint density at radius 2 is 1.55 bits per heavy atom. The van der Waals surface area contributed by atoms with Crippen molar-refractivity contribution in [1.29, 1.82) is 0 Å². The number of carbonyl (C=O) groups is 3. The van der Waals surface area contributed by atoms with Gasteiger partial charge in [-0.25, -0.2) is 0 Å². The van der Waals surface area contributed by atoms with Gasteiger partial charge in [0.1, 0.15) is 22.8 Å². The Balaban J connectivity index is 1.82. The van der Waals surface area contributed by atoms with E-state index in [1.165, 1.54) is 22.8 Å². The minimum atomic E-state index is -2.62. The Labute approximate surface area is 259 Å². The van der Waals surface area contributed by atoms with Gasteiger partial charge in [-0.3, -0.25) is 14.4 Å². The van der Waals surface area contributed by atoms with Crippen LogP contribution in [-0.2, 0) is 35.3 Å². The Kier molecular flexibility index (Phi) is 7.52. The number of aliphatic hydroxyl groups is 3. The summed E-state index contributed by atoms with van der Waals surface area (Å²) in [6.07, 6.45) is 2.85. The van der Waals surface area contributed by atoms with E-state index < -0.39 is 51.0 Å². The zero-order valence-corrected chi connectivity index (χ0v) is 27.0. The van der Waals surface area contributed by atoms with Gasteiger partial charge in [0.25, 0.3) is 0 Å². The quantitative estimate of drug-likeness (QED) is 0.271. The van der Waals surface area contributed by atoms with Crippen LogP contribution < -0.4 is 0 Å². The number of Topliss-reactive ketones (excluding diaryl/α,β-unsaturated/α-hetero) is 3. The van der Waals surface area contributed by atoms with Gasteiger partial charge in [0.2, 0.25) is 5.78 Å². The molecule has 2 aromatic carbocycles. The molecule has 0 aliphatic heterocycles. The average molecular weight is 601 g/mol. The molecule has 0 aromatic heterocycles. The molecule has 234 valence electrons. The van der Waals surface area contributed by atoms with Gasteiger partial charge < -0.3 is 20.4 Å². The molecular weight excluding hydrogens is 556 g/mol. The predicted molar refractivity (Wildman–Crippen MR) is 169 cm³/mol. The fourth-order valence-electron chi connectivity index (χ4n) is 9.15. The maximum absolute atomic E-state index is 14.4. The number of phenols is 1. The fraction of sp³-hybridized carbons (Fsp3) is 0.486. The van der Waals surface area contributed by atoms with E-state index in [0.29, 0.717) is 5.56 Å². The molecule has 4 N–H and O–H groups in total. The molecule has 3 aliphatic rings. The third kappa shape index (κ3) is 3.94. The molecule has 7 nitrogen and oxygen atoms in total. The minimum absolute atomic E-state index is 0.0437. The first-order chi connectivity index (χ1) is 20.5. The van der Waals surface area contributed by atoms with Gasteiger partial charge in [-0.15, -0.1) is 0 Å². The highest BCUT2D eigenvalue weighted by Crippen LogP contribution is 2.65. The van der Waals surface area contributed by atoms with Gasteiger partial charge in [-0.2, -0.15) is 0 Å². The summed E-state index contributed by atoms with van der Waals surface area (Å²) in [4.78, 5) is 40.9. The number of rotatable bonds is 6. The van der Waals surface area contributed by atoms with Crippen LogP contribution in [-0.4, -0.2) is 43.4 Å². The van der Waals surface area contributed by atoms with Gasteiger partial charge in [0.05, 0.1) is 5.56 Å². The molecule has 1 unspecified atom stereocenters.